The lowest BCUT2D eigenvalue weighted by Crippen LogP contribution is -2.05. The molecule has 0 aliphatic heterocycles. The smallest absolute Gasteiger partial charge is 0.306 e. The minimum atomic E-state index is -0.250. The third-order valence-corrected chi connectivity index (χ3v) is 2.63. The van der Waals surface area contributed by atoms with Crippen molar-refractivity contribution in [1.82, 2.24) is 25.1 Å². The Morgan fingerprint density at radius 3 is 2.79 bits per heavy atom. The van der Waals surface area contributed by atoms with Crippen molar-refractivity contribution in [2.45, 2.75) is 19.8 Å². The second-order valence-electron chi connectivity index (χ2n) is 3.64. The van der Waals surface area contributed by atoms with Crippen LogP contribution in [0.5, 0.6) is 0 Å². The third-order valence-electron chi connectivity index (χ3n) is 2.22. The zero-order chi connectivity index (χ0) is 13.7. The van der Waals surface area contributed by atoms with Crippen molar-refractivity contribution >= 4 is 21.9 Å². The van der Waals surface area contributed by atoms with E-state index in [1.54, 1.807) is 19.3 Å². The summed E-state index contributed by atoms with van der Waals surface area (Å²) in [5, 5.41) is 6.77. The summed E-state index contributed by atoms with van der Waals surface area (Å²) in [5.74, 6) is 1.20. The highest BCUT2D eigenvalue weighted by molar-refractivity contribution is 9.10. The van der Waals surface area contributed by atoms with E-state index in [0.717, 1.165) is 4.47 Å². The average molecular weight is 326 g/mol. The third kappa shape index (κ3) is 3.82. The molecule has 2 heterocycles. The quantitative estimate of drug-likeness (QED) is 0.837. The van der Waals surface area contributed by atoms with Crippen molar-refractivity contribution in [3.63, 3.8) is 0 Å². The SMILES string of the molecule is CCOC(=O)CCc1nc(-c2ncc(Br)cn2)n[nH]1. The first kappa shape index (κ1) is 13.6. The van der Waals surface area contributed by atoms with Crippen LogP contribution in [0.1, 0.15) is 19.2 Å². The molecule has 100 valence electrons. The summed E-state index contributed by atoms with van der Waals surface area (Å²) in [6.45, 7) is 2.16. The van der Waals surface area contributed by atoms with E-state index in [0.29, 0.717) is 30.5 Å². The summed E-state index contributed by atoms with van der Waals surface area (Å²) >= 11 is 3.25. The van der Waals surface area contributed by atoms with E-state index in [4.69, 9.17) is 4.74 Å². The maximum atomic E-state index is 11.2. The number of esters is 1. The molecule has 0 saturated heterocycles. The number of ether oxygens (including phenoxy) is 1. The Kier molecular flexibility index (Phi) is 4.56. The number of nitrogens with zero attached hydrogens (tertiary/aromatic N) is 4. The van der Waals surface area contributed by atoms with Crippen LogP contribution in [-0.4, -0.2) is 37.7 Å². The zero-order valence-electron chi connectivity index (χ0n) is 10.3. The molecule has 0 amide bonds. The minimum absolute atomic E-state index is 0.250. The fraction of sp³-hybridized carbons (Fsp3) is 0.364. The molecule has 0 radical (unpaired) electrons. The largest absolute Gasteiger partial charge is 0.466 e. The molecule has 19 heavy (non-hydrogen) atoms. The lowest BCUT2D eigenvalue weighted by Gasteiger charge is -1.98. The monoisotopic (exact) mass is 325 g/mol. The van der Waals surface area contributed by atoms with Gasteiger partial charge in [-0.05, 0) is 22.9 Å². The van der Waals surface area contributed by atoms with Gasteiger partial charge in [-0.3, -0.25) is 9.89 Å². The topological polar surface area (TPSA) is 93.7 Å². The van der Waals surface area contributed by atoms with Gasteiger partial charge in [-0.25, -0.2) is 15.0 Å². The number of carbonyl (C=O) groups is 1. The Bertz CT molecular complexity index is 554. The Morgan fingerprint density at radius 2 is 2.11 bits per heavy atom. The summed E-state index contributed by atoms with van der Waals surface area (Å²) < 4.78 is 5.62. The molecule has 2 rings (SSSR count). The van der Waals surface area contributed by atoms with E-state index < -0.39 is 0 Å². The van der Waals surface area contributed by atoms with Gasteiger partial charge in [-0.2, -0.15) is 0 Å². The van der Waals surface area contributed by atoms with Crippen LogP contribution < -0.4 is 0 Å². The molecule has 2 aromatic heterocycles. The summed E-state index contributed by atoms with van der Waals surface area (Å²) in [4.78, 5) is 23.6. The number of H-pyrrole nitrogens is 1. The molecular formula is C11H12BrN5O2. The number of aryl methyl sites for hydroxylation is 1. The Labute approximate surface area is 118 Å². The molecule has 2 aromatic rings. The number of halogens is 1. The number of aromatic nitrogens is 5. The van der Waals surface area contributed by atoms with Crippen molar-refractivity contribution in [2.75, 3.05) is 6.61 Å². The van der Waals surface area contributed by atoms with Crippen LogP contribution in [-0.2, 0) is 16.0 Å². The number of aromatic amines is 1. The number of hydrogen-bond donors (Lipinski definition) is 1. The Morgan fingerprint density at radius 1 is 1.37 bits per heavy atom. The van der Waals surface area contributed by atoms with Gasteiger partial charge in [0, 0.05) is 18.8 Å². The summed E-state index contributed by atoms with van der Waals surface area (Å²) in [5.41, 5.74) is 0. The van der Waals surface area contributed by atoms with Crippen LogP contribution in [0.3, 0.4) is 0 Å². The van der Waals surface area contributed by atoms with Gasteiger partial charge in [0.05, 0.1) is 17.5 Å². The summed E-state index contributed by atoms with van der Waals surface area (Å²) in [6.07, 6.45) is 3.96. The standard InChI is InChI=1S/C11H12BrN5O2/c1-2-19-9(18)4-3-8-15-11(17-16-8)10-13-5-7(12)6-14-10/h5-6H,2-4H2,1H3,(H,15,16,17). The maximum absolute atomic E-state index is 11.2. The van der Waals surface area contributed by atoms with E-state index in [-0.39, 0.29) is 12.4 Å². The lowest BCUT2D eigenvalue weighted by atomic mass is 10.3. The first-order valence-electron chi connectivity index (χ1n) is 5.74. The van der Waals surface area contributed by atoms with Crippen molar-refractivity contribution in [2.24, 2.45) is 0 Å². The Hall–Kier alpha value is -1.83. The van der Waals surface area contributed by atoms with Crippen molar-refractivity contribution in [3.05, 3.63) is 22.7 Å². The maximum Gasteiger partial charge on any atom is 0.306 e. The normalized spacial score (nSPS) is 10.4. The van der Waals surface area contributed by atoms with Crippen molar-refractivity contribution < 1.29 is 9.53 Å². The molecule has 1 N–H and O–H groups in total. The van der Waals surface area contributed by atoms with E-state index in [2.05, 4.69) is 41.1 Å². The molecule has 0 fully saturated rings. The van der Waals surface area contributed by atoms with Gasteiger partial charge < -0.3 is 4.74 Å². The molecular weight excluding hydrogens is 314 g/mol. The molecule has 0 atom stereocenters. The van der Waals surface area contributed by atoms with Crippen molar-refractivity contribution in [3.8, 4) is 11.6 Å². The van der Waals surface area contributed by atoms with Crippen LogP contribution in [0, 0.1) is 0 Å². The summed E-state index contributed by atoms with van der Waals surface area (Å²) in [6, 6.07) is 0. The first-order valence-corrected chi connectivity index (χ1v) is 6.53. The minimum Gasteiger partial charge on any atom is -0.466 e. The average Bonchev–Trinajstić information content (AvgIpc) is 2.86. The highest BCUT2D eigenvalue weighted by atomic mass is 79.9. The predicted octanol–water partition coefficient (Wildman–Crippen LogP) is 1.52. The highest BCUT2D eigenvalue weighted by Crippen LogP contribution is 2.12. The first-order chi connectivity index (χ1) is 9.19. The predicted molar refractivity (Wildman–Crippen MR) is 70.1 cm³/mol. The number of rotatable bonds is 5. The second-order valence-corrected chi connectivity index (χ2v) is 4.55. The van der Waals surface area contributed by atoms with Gasteiger partial charge in [0.25, 0.3) is 0 Å². The van der Waals surface area contributed by atoms with Crippen molar-refractivity contribution in [1.29, 1.82) is 0 Å². The fourth-order valence-electron chi connectivity index (χ4n) is 1.39. The van der Waals surface area contributed by atoms with Crippen LogP contribution in [0.25, 0.3) is 11.6 Å². The van der Waals surface area contributed by atoms with Gasteiger partial charge in [-0.15, -0.1) is 5.10 Å². The van der Waals surface area contributed by atoms with Crippen LogP contribution in [0.4, 0.5) is 0 Å². The van der Waals surface area contributed by atoms with E-state index in [9.17, 15) is 4.79 Å². The van der Waals surface area contributed by atoms with Crippen LogP contribution in [0.15, 0.2) is 16.9 Å². The number of carbonyl (C=O) groups excluding carboxylic acids is 1. The molecule has 8 heteroatoms. The fourth-order valence-corrected chi connectivity index (χ4v) is 1.59. The van der Waals surface area contributed by atoms with E-state index in [1.165, 1.54) is 0 Å². The van der Waals surface area contributed by atoms with Crippen LogP contribution in [0.2, 0.25) is 0 Å². The van der Waals surface area contributed by atoms with Gasteiger partial charge in [0.15, 0.2) is 5.82 Å². The van der Waals surface area contributed by atoms with Gasteiger partial charge in [0.1, 0.15) is 5.82 Å². The molecule has 7 nitrogen and oxygen atoms in total. The molecule has 0 aromatic carbocycles. The second kappa shape index (κ2) is 6.37. The summed E-state index contributed by atoms with van der Waals surface area (Å²) in [7, 11) is 0. The van der Waals surface area contributed by atoms with Crippen LogP contribution >= 0.6 is 15.9 Å². The molecule has 0 saturated carbocycles. The molecule has 0 aliphatic rings. The lowest BCUT2D eigenvalue weighted by molar-refractivity contribution is -0.143. The number of nitrogens with one attached hydrogen (secondary N) is 1. The van der Waals surface area contributed by atoms with Gasteiger partial charge in [-0.1, -0.05) is 0 Å². The van der Waals surface area contributed by atoms with E-state index >= 15 is 0 Å². The van der Waals surface area contributed by atoms with E-state index in [1.807, 2.05) is 0 Å². The molecule has 0 unspecified atom stereocenters. The zero-order valence-corrected chi connectivity index (χ0v) is 11.8. The molecule has 0 spiro atoms. The Balaban J connectivity index is 1.99. The molecule has 0 aliphatic carbocycles. The number of hydrogen-bond acceptors (Lipinski definition) is 6. The highest BCUT2D eigenvalue weighted by Gasteiger charge is 2.10. The molecule has 0 bridgehead atoms. The van der Waals surface area contributed by atoms with Gasteiger partial charge in [0.2, 0.25) is 5.82 Å². The van der Waals surface area contributed by atoms with Gasteiger partial charge >= 0.3 is 5.97 Å².